The smallest absolute Gasteiger partial charge is 0.323 e. The van der Waals surface area contributed by atoms with E-state index in [9.17, 15) is 0 Å². The first kappa shape index (κ1) is 17.2. The van der Waals surface area contributed by atoms with E-state index in [2.05, 4.69) is 5.43 Å². The molecule has 0 spiro atoms. The second-order valence-electron chi connectivity index (χ2n) is 2.51. The topological polar surface area (TPSA) is 116 Å². The molecule has 1 aromatic carbocycles. The van der Waals surface area contributed by atoms with Gasteiger partial charge in [-0.15, -0.1) is 0 Å². The highest BCUT2D eigenvalue weighted by molar-refractivity contribution is 7.45. The van der Waals surface area contributed by atoms with Crippen molar-refractivity contribution in [2.24, 2.45) is 5.84 Å². The van der Waals surface area contributed by atoms with Gasteiger partial charge in [0.05, 0.1) is 25.8 Å². The van der Waals surface area contributed by atoms with Crippen molar-refractivity contribution in [1.29, 1.82) is 0 Å². The summed E-state index contributed by atoms with van der Waals surface area (Å²) in [6, 6.07) is 1.50. The SMILES string of the molecule is NNc1cc(Cl)c(Cl)c(Cl)c1Cl.O=P(O)(O)O. The van der Waals surface area contributed by atoms with Gasteiger partial charge in [0.2, 0.25) is 0 Å². The Bertz CT molecular complexity index is 444. The van der Waals surface area contributed by atoms with Gasteiger partial charge in [0.15, 0.2) is 0 Å². The van der Waals surface area contributed by atoms with E-state index in [1.807, 2.05) is 0 Å². The van der Waals surface area contributed by atoms with E-state index >= 15 is 0 Å². The quantitative estimate of drug-likeness (QED) is 0.176. The summed E-state index contributed by atoms with van der Waals surface area (Å²) in [6.07, 6.45) is 0. The van der Waals surface area contributed by atoms with Gasteiger partial charge in [-0.2, -0.15) is 0 Å². The number of rotatable bonds is 1. The predicted molar refractivity (Wildman–Crippen MR) is 68.6 cm³/mol. The van der Waals surface area contributed by atoms with Gasteiger partial charge in [-0.05, 0) is 6.07 Å². The molecule has 6 N–H and O–H groups in total. The van der Waals surface area contributed by atoms with E-state index in [1.165, 1.54) is 6.07 Å². The summed E-state index contributed by atoms with van der Waals surface area (Å²) in [5.41, 5.74) is 2.79. The monoisotopic (exact) mass is 342 g/mol. The van der Waals surface area contributed by atoms with Crippen molar-refractivity contribution in [2.75, 3.05) is 5.43 Å². The Labute approximate surface area is 116 Å². The van der Waals surface area contributed by atoms with Crippen LogP contribution in [0.1, 0.15) is 0 Å². The summed E-state index contributed by atoms with van der Waals surface area (Å²) in [5, 5.41) is 0.980. The molecule has 11 heteroatoms. The van der Waals surface area contributed by atoms with Crippen LogP contribution in [0, 0.1) is 0 Å². The molecule has 0 radical (unpaired) electrons. The van der Waals surface area contributed by atoms with Crippen molar-refractivity contribution in [3.63, 3.8) is 0 Å². The van der Waals surface area contributed by atoms with Gasteiger partial charge < -0.3 is 20.1 Å². The summed E-state index contributed by atoms with van der Waals surface area (Å²) >= 11 is 22.9. The van der Waals surface area contributed by atoms with Crippen LogP contribution in [-0.4, -0.2) is 14.7 Å². The molecule has 0 aliphatic carbocycles. The van der Waals surface area contributed by atoms with E-state index in [-0.39, 0.29) is 15.1 Å². The zero-order valence-electron chi connectivity index (χ0n) is 7.86. The zero-order chi connectivity index (χ0) is 13.8. The first-order valence-corrected chi connectivity index (χ1v) is 6.73. The number of hydrazine groups is 1. The average Bonchev–Trinajstić information content (AvgIpc) is 2.18. The first-order chi connectivity index (χ1) is 7.57. The van der Waals surface area contributed by atoms with Gasteiger partial charge in [-0.3, -0.25) is 5.84 Å². The van der Waals surface area contributed by atoms with Crippen LogP contribution in [0.2, 0.25) is 20.1 Å². The lowest BCUT2D eigenvalue weighted by Crippen LogP contribution is -2.07. The fourth-order valence-electron chi connectivity index (χ4n) is 0.678. The maximum atomic E-state index is 8.88. The van der Waals surface area contributed by atoms with E-state index in [0.717, 1.165) is 0 Å². The highest BCUT2D eigenvalue weighted by atomic mass is 35.5. The second-order valence-corrected chi connectivity index (χ2v) is 5.07. The van der Waals surface area contributed by atoms with Gasteiger partial charge in [0, 0.05) is 0 Å². The Morgan fingerprint density at radius 1 is 1.06 bits per heavy atom. The van der Waals surface area contributed by atoms with Crippen LogP contribution in [0.15, 0.2) is 6.07 Å². The minimum absolute atomic E-state index is 0.193. The molecule has 0 fully saturated rings. The Morgan fingerprint density at radius 2 is 1.47 bits per heavy atom. The van der Waals surface area contributed by atoms with Crippen LogP contribution in [0.25, 0.3) is 0 Å². The van der Waals surface area contributed by atoms with Crippen molar-refractivity contribution < 1.29 is 19.2 Å². The van der Waals surface area contributed by atoms with Gasteiger partial charge >= 0.3 is 7.82 Å². The summed E-state index contributed by atoms with van der Waals surface area (Å²) in [4.78, 5) is 21.6. The highest BCUT2D eigenvalue weighted by Gasteiger charge is 2.11. The Morgan fingerprint density at radius 3 is 1.82 bits per heavy atom. The fourth-order valence-corrected chi connectivity index (χ4v) is 1.53. The van der Waals surface area contributed by atoms with E-state index in [4.69, 9.17) is 71.5 Å². The third-order valence-electron chi connectivity index (χ3n) is 1.26. The number of nitrogens with two attached hydrogens (primary N) is 1. The van der Waals surface area contributed by atoms with E-state index in [0.29, 0.717) is 10.7 Å². The third kappa shape index (κ3) is 6.67. The van der Waals surface area contributed by atoms with Crippen LogP contribution in [0.4, 0.5) is 5.69 Å². The summed E-state index contributed by atoms with van der Waals surface area (Å²) in [6.45, 7) is 0. The molecule has 0 aromatic heterocycles. The number of anilines is 1. The Kier molecular flexibility index (Phi) is 7.09. The van der Waals surface area contributed by atoms with Gasteiger partial charge in [-0.1, -0.05) is 46.4 Å². The fraction of sp³-hybridized carbons (Fsp3) is 0. The number of halogens is 4. The number of hydrogen-bond donors (Lipinski definition) is 5. The molecule has 0 amide bonds. The van der Waals surface area contributed by atoms with Crippen molar-refractivity contribution >= 4 is 59.9 Å². The minimum atomic E-state index is -4.64. The van der Waals surface area contributed by atoms with E-state index < -0.39 is 7.82 Å². The number of phosphoric acid groups is 1. The molecule has 1 rings (SSSR count). The molecule has 1 aromatic rings. The van der Waals surface area contributed by atoms with Crippen LogP contribution in [0.5, 0.6) is 0 Å². The normalized spacial score (nSPS) is 10.6. The van der Waals surface area contributed by atoms with Crippen LogP contribution >= 0.6 is 54.2 Å². The molecular formula is C6H7Cl4N2O4P. The first-order valence-electron chi connectivity index (χ1n) is 3.65. The summed E-state index contributed by atoms with van der Waals surface area (Å²) < 4.78 is 8.88. The minimum Gasteiger partial charge on any atom is -0.323 e. The highest BCUT2D eigenvalue weighted by Crippen LogP contribution is 2.40. The van der Waals surface area contributed by atoms with Gasteiger partial charge in [-0.25, -0.2) is 4.57 Å². The van der Waals surface area contributed by atoms with E-state index in [1.54, 1.807) is 0 Å². The second kappa shape index (κ2) is 6.99. The van der Waals surface area contributed by atoms with Gasteiger partial charge in [0.1, 0.15) is 0 Å². The predicted octanol–water partition coefficient (Wildman–Crippen LogP) is 2.66. The number of nitrogen functional groups attached to an aromatic ring is 1. The summed E-state index contributed by atoms with van der Waals surface area (Å²) in [7, 11) is -4.64. The molecule has 17 heavy (non-hydrogen) atoms. The molecule has 0 heterocycles. The van der Waals surface area contributed by atoms with Crippen LogP contribution < -0.4 is 11.3 Å². The van der Waals surface area contributed by atoms with Crippen LogP contribution in [0.3, 0.4) is 0 Å². The molecule has 0 aliphatic heterocycles. The Hall–Kier alpha value is 0.250. The molecule has 0 unspecified atom stereocenters. The lowest BCUT2D eigenvalue weighted by Gasteiger charge is -2.07. The number of nitrogens with one attached hydrogen (secondary N) is 1. The van der Waals surface area contributed by atoms with Crippen molar-refractivity contribution in [3.8, 4) is 0 Å². The Balaban J connectivity index is 0.000000437. The lowest BCUT2D eigenvalue weighted by atomic mass is 10.3. The zero-order valence-corrected chi connectivity index (χ0v) is 11.8. The number of benzene rings is 1. The maximum absolute atomic E-state index is 8.88. The molecule has 6 nitrogen and oxygen atoms in total. The van der Waals surface area contributed by atoms with Crippen molar-refractivity contribution in [2.45, 2.75) is 0 Å². The molecule has 0 bridgehead atoms. The molecule has 0 saturated carbocycles. The van der Waals surface area contributed by atoms with Crippen LogP contribution in [-0.2, 0) is 4.57 Å². The molecule has 0 saturated heterocycles. The lowest BCUT2D eigenvalue weighted by molar-refractivity contribution is 0.275. The maximum Gasteiger partial charge on any atom is 0.466 e. The molecule has 98 valence electrons. The van der Waals surface area contributed by atoms with Crippen molar-refractivity contribution in [3.05, 3.63) is 26.2 Å². The van der Waals surface area contributed by atoms with Gasteiger partial charge in [0.25, 0.3) is 0 Å². The summed E-state index contributed by atoms with van der Waals surface area (Å²) in [5.74, 6) is 5.14. The van der Waals surface area contributed by atoms with Crippen molar-refractivity contribution in [1.82, 2.24) is 0 Å². The molecule has 0 atom stereocenters. The number of hydrogen-bond acceptors (Lipinski definition) is 3. The largest absolute Gasteiger partial charge is 0.466 e. The molecule has 0 aliphatic rings. The molecular weight excluding hydrogens is 337 g/mol. The average molecular weight is 344 g/mol. The third-order valence-corrected chi connectivity index (χ3v) is 3.01. The standard InChI is InChI=1S/C6H4Cl4N2.H3O4P/c7-2-1-3(12-11)5(9)6(10)4(2)8;1-5(2,3)4/h1,12H,11H2;(H3,1,2,3,4).